The molecule has 18 heteroatoms. The van der Waals surface area contributed by atoms with Crippen molar-refractivity contribution in [3.8, 4) is 0 Å². The van der Waals surface area contributed by atoms with Crippen LogP contribution in [-0.4, -0.2) is 154 Å². The molecule has 1 aliphatic carbocycles. The van der Waals surface area contributed by atoms with Crippen molar-refractivity contribution in [3.63, 3.8) is 0 Å². The van der Waals surface area contributed by atoms with E-state index in [0.29, 0.717) is 56.5 Å². The molecule has 396 valence electrons. The van der Waals surface area contributed by atoms with E-state index in [2.05, 4.69) is 4.72 Å². The van der Waals surface area contributed by atoms with Crippen molar-refractivity contribution in [3.05, 3.63) is 47.6 Å². The van der Waals surface area contributed by atoms with Crippen LogP contribution in [0.4, 0.5) is 0 Å². The molecule has 4 aliphatic rings. The van der Waals surface area contributed by atoms with Gasteiger partial charge in [0.05, 0.1) is 37.3 Å². The van der Waals surface area contributed by atoms with Gasteiger partial charge < -0.3 is 43.5 Å². The average Bonchev–Trinajstić information content (AvgIpc) is 3.83. The summed E-state index contributed by atoms with van der Waals surface area (Å²) in [5.41, 5.74) is 0.972. The summed E-state index contributed by atoms with van der Waals surface area (Å²) in [7, 11) is 0.522. The van der Waals surface area contributed by atoms with Crippen LogP contribution < -0.4 is 4.72 Å². The van der Waals surface area contributed by atoms with Crippen molar-refractivity contribution in [2.45, 2.75) is 180 Å². The number of hydrogen-bond donors (Lipinski definition) is 3. The van der Waals surface area contributed by atoms with Crippen molar-refractivity contribution >= 4 is 39.2 Å². The topological polar surface area (TPSA) is 231 Å². The molecule has 0 aromatic rings. The number of sulfonamides is 1. The third kappa shape index (κ3) is 16.5. The Morgan fingerprint density at radius 2 is 1.63 bits per heavy atom. The molecule has 15 atom stereocenters. The normalized spacial score (nSPS) is 38.8. The van der Waals surface area contributed by atoms with Crippen LogP contribution in [0.5, 0.6) is 0 Å². The number of nitrogens with one attached hydrogen (secondary N) is 1. The summed E-state index contributed by atoms with van der Waals surface area (Å²) in [4.78, 5) is 70.8. The fourth-order valence-electron chi connectivity index (χ4n) is 9.89. The first-order valence-electron chi connectivity index (χ1n) is 25.0. The second-order valence-electron chi connectivity index (χ2n) is 20.4. The standard InChI is InChI=1S/C52H82N2O15S/c1-31-17-15-13-12-14-16-18-32(2)46(56)48(65-10)47(57)35(5)25-33(3)42(55)29-44(34(4)26-38-20-22-43(45(27-38)64-9)67-40-23-24-66-30-40)68-51(60)37(7)54(8)50(59)49(58)52(61)36(6)19-21-39(69-52)28-41(31)53-70(11,62)63/h12-15,17,25,32-34,36-41,43-45,47-48,53,57,61H,16,18-24,26-30H2,1-11H3/b14-12+,15-13+,31-17+,35-25+/t32?,33?,34-,36+,37?,38+,39-,40?,41?,43-,44?,45-,47?,48?,52+/m1/s1. The van der Waals surface area contributed by atoms with Gasteiger partial charge in [0, 0.05) is 58.1 Å². The van der Waals surface area contributed by atoms with Gasteiger partial charge in [-0.2, -0.15) is 0 Å². The fraction of sp³-hybridized carbons (Fsp3) is 0.750. The number of ether oxygens (including phenoxy) is 6. The summed E-state index contributed by atoms with van der Waals surface area (Å²) < 4.78 is 63.1. The summed E-state index contributed by atoms with van der Waals surface area (Å²) >= 11 is 0. The van der Waals surface area contributed by atoms with Crippen molar-refractivity contribution in [2.24, 2.45) is 29.6 Å². The van der Waals surface area contributed by atoms with E-state index in [9.17, 15) is 42.6 Å². The number of hydrogen-bond acceptors (Lipinski definition) is 15. The minimum Gasteiger partial charge on any atom is -0.460 e. The second kappa shape index (κ2) is 27.0. The summed E-state index contributed by atoms with van der Waals surface area (Å²) in [5, 5.41) is 23.3. The first-order chi connectivity index (χ1) is 32.9. The molecule has 2 saturated heterocycles. The van der Waals surface area contributed by atoms with E-state index in [1.165, 1.54) is 21.1 Å². The molecule has 1 amide bonds. The lowest BCUT2D eigenvalue weighted by atomic mass is 9.78. The van der Waals surface area contributed by atoms with Crippen LogP contribution in [0.25, 0.3) is 0 Å². The van der Waals surface area contributed by atoms with Gasteiger partial charge in [-0.05, 0) is 102 Å². The number of carbonyl (C=O) groups is 5. The minimum atomic E-state index is -3.74. The van der Waals surface area contributed by atoms with Gasteiger partial charge in [-0.1, -0.05) is 69.7 Å². The van der Waals surface area contributed by atoms with Crippen molar-refractivity contribution in [2.75, 3.05) is 40.7 Å². The maximum atomic E-state index is 14.1. The van der Waals surface area contributed by atoms with Crippen molar-refractivity contribution in [1.29, 1.82) is 0 Å². The number of aliphatic hydroxyl groups excluding tert-OH is 1. The SMILES string of the molecule is COC1C(=O)C(C)CC/C=C/C=C/C=C(\C)C(NS(C)(=O)=O)C[C@H]2CC[C@H](C)[C@](O)(O2)C(=O)C(=O)N(C)C(C)C(=O)OC([C@H](C)C[C@@H]2CC[C@@H](OC3CCOC3)[C@H](OC)C2)CC(=O)C(C)/C=C(\C)C1O. The summed E-state index contributed by atoms with van der Waals surface area (Å²) in [5.74, 6) is -8.86. The van der Waals surface area contributed by atoms with Crippen LogP contribution in [0.2, 0.25) is 0 Å². The minimum absolute atomic E-state index is 0.0173. The quantitative estimate of drug-likeness (QED) is 0.155. The third-order valence-electron chi connectivity index (χ3n) is 14.8. The Morgan fingerprint density at radius 1 is 0.914 bits per heavy atom. The monoisotopic (exact) mass is 1010 g/mol. The predicted octanol–water partition coefficient (Wildman–Crippen LogP) is 5.12. The highest BCUT2D eigenvalue weighted by atomic mass is 32.2. The lowest BCUT2D eigenvalue weighted by Crippen LogP contribution is -2.59. The maximum absolute atomic E-state index is 14.1. The van der Waals surface area contributed by atoms with E-state index in [1.807, 2.05) is 13.0 Å². The molecular weight excluding hydrogens is 925 g/mol. The fourth-order valence-corrected chi connectivity index (χ4v) is 10.7. The summed E-state index contributed by atoms with van der Waals surface area (Å²) in [6, 6.07) is -2.15. The number of ketones is 3. The molecule has 17 nitrogen and oxygen atoms in total. The predicted molar refractivity (Wildman–Crippen MR) is 263 cm³/mol. The Bertz CT molecular complexity index is 2030. The van der Waals surface area contributed by atoms with Crippen molar-refractivity contribution in [1.82, 2.24) is 9.62 Å². The van der Waals surface area contributed by atoms with E-state index < -0.39 is 87.7 Å². The summed E-state index contributed by atoms with van der Waals surface area (Å²) in [6.07, 6.45) is 12.0. The van der Waals surface area contributed by atoms with Gasteiger partial charge in [-0.15, -0.1) is 0 Å². The zero-order chi connectivity index (χ0) is 52.1. The Labute approximate surface area is 416 Å². The van der Waals surface area contributed by atoms with E-state index in [1.54, 1.807) is 72.1 Å². The van der Waals surface area contributed by atoms with E-state index in [0.717, 1.165) is 30.4 Å². The Balaban J connectivity index is 1.66. The van der Waals surface area contributed by atoms with Crippen LogP contribution in [-0.2, 0) is 62.4 Å². The molecule has 0 radical (unpaired) electrons. The number of Topliss-reactive ketones (excluding diaryl/α,β-unsaturated/α-hetero) is 3. The number of likely N-dealkylation sites (N-methyl/N-ethyl adjacent to an activating group) is 1. The third-order valence-corrected chi connectivity index (χ3v) is 15.5. The smallest absolute Gasteiger partial charge is 0.328 e. The zero-order valence-electron chi connectivity index (χ0n) is 43.3. The molecule has 3 aliphatic heterocycles. The Kier molecular flexibility index (Phi) is 22.8. The Hall–Kier alpha value is -3.46. The highest BCUT2D eigenvalue weighted by Gasteiger charge is 2.52. The van der Waals surface area contributed by atoms with Crippen LogP contribution in [0.3, 0.4) is 0 Å². The van der Waals surface area contributed by atoms with E-state index in [-0.39, 0.29) is 61.0 Å². The second-order valence-corrected chi connectivity index (χ2v) is 22.2. The number of rotatable bonds is 9. The molecule has 3 fully saturated rings. The molecule has 3 N–H and O–H groups in total. The number of carbonyl (C=O) groups excluding carboxylic acids is 5. The number of fused-ring (bicyclic) bond motifs is 2. The van der Waals surface area contributed by atoms with Crippen LogP contribution in [0.15, 0.2) is 47.6 Å². The van der Waals surface area contributed by atoms with E-state index >= 15 is 0 Å². The van der Waals surface area contributed by atoms with Gasteiger partial charge in [-0.25, -0.2) is 17.9 Å². The largest absolute Gasteiger partial charge is 0.460 e. The maximum Gasteiger partial charge on any atom is 0.328 e. The summed E-state index contributed by atoms with van der Waals surface area (Å²) in [6.45, 7) is 12.9. The molecular formula is C52H82N2O15S. The molecule has 8 unspecified atom stereocenters. The van der Waals surface area contributed by atoms with Gasteiger partial charge in [0.2, 0.25) is 15.8 Å². The molecule has 1 saturated carbocycles. The molecule has 3 heterocycles. The number of aliphatic hydroxyl groups is 2. The molecule has 0 spiro atoms. The first-order valence-corrected chi connectivity index (χ1v) is 26.9. The highest BCUT2D eigenvalue weighted by molar-refractivity contribution is 7.88. The van der Waals surface area contributed by atoms with Gasteiger partial charge >= 0.3 is 5.97 Å². The number of methoxy groups -OCH3 is 2. The molecule has 2 bridgehead atoms. The van der Waals surface area contributed by atoms with Gasteiger partial charge in [0.25, 0.3) is 11.7 Å². The van der Waals surface area contributed by atoms with Gasteiger partial charge in [0.15, 0.2) is 5.78 Å². The van der Waals surface area contributed by atoms with E-state index in [4.69, 9.17) is 28.4 Å². The van der Waals surface area contributed by atoms with Gasteiger partial charge in [0.1, 0.15) is 30.1 Å². The number of amides is 1. The van der Waals surface area contributed by atoms with Crippen LogP contribution >= 0.6 is 0 Å². The van der Waals surface area contributed by atoms with Gasteiger partial charge in [-0.3, -0.25) is 19.2 Å². The highest BCUT2D eigenvalue weighted by Crippen LogP contribution is 2.38. The molecule has 4 rings (SSSR count). The number of cyclic esters (lactones) is 1. The average molecular weight is 1010 g/mol. The van der Waals surface area contributed by atoms with Crippen LogP contribution in [0.1, 0.15) is 119 Å². The number of allylic oxidation sites excluding steroid dienone is 6. The molecule has 70 heavy (non-hydrogen) atoms. The first kappa shape index (κ1) is 59.1. The zero-order valence-corrected chi connectivity index (χ0v) is 44.1. The van der Waals surface area contributed by atoms with Crippen molar-refractivity contribution < 1.29 is 71.0 Å². The number of nitrogens with zero attached hydrogens (tertiary/aromatic N) is 1. The number of esters is 1. The molecule has 0 aromatic heterocycles. The lowest BCUT2D eigenvalue weighted by molar-refractivity contribution is -0.263. The lowest BCUT2D eigenvalue weighted by Gasteiger charge is -2.42. The molecule has 0 aromatic carbocycles. The van der Waals surface area contributed by atoms with Crippen LogP contribution in [0, 0.1) is 29.6 Å². The Morgan fingerprint density at radius 3 is 2.27 bits per heavy atom.